The number of phosphoric acid groups is 1. The van der Waals surface area contributed by atoms with Crippen LogP contribution in [0.15, 0.2) is 231 Å². The van der Waals surface area contributed by atoms with Crippen LogP contribution >= 0.6 is 7.82 Å². The molecule has 98 heavy (non-hydrogen) atoms. The normalized spacial score (nSPS) is 14.4. The SMILES string of the molecule is CC/C=C\C/C=C\C/C=C\C/C=C\C/C=C\C/C=C\C/C=C\C/C=C\C/C=C\C/C=C\CCCCCCCCCCC(=O)OC(COC(=O)CCCCCCCCC/C=C\C/C=C\C/C=C\C/C=C\C/C=C\C/C=C\C/C=C\C/C=C\C/C=C\CC)COP(=O)(O)OCC[N+](C)(C)C. The second-order valence-corrected chi connectivity index (χ2v) is 27.0. The summed E-state index contributed by atoms with van der Waals surface area (Å²) in [4.78, 5) is 36.0. The topological polar surface area (TPSA) is 108 Å². The summed E-state index contributed by atoms with van der Waals surface area (Å²) in [6, 6.07) is 0. The van der Waals surface area contributed by atoms with E-state index in [4.69, 9.17) is 18.5 Å². The van der Waals surface area contributed by atoms with Crippen LogP contribution < -0.4 is 0 Å². The van der Waals surface area contributed by atoms with Crippen LogP contribution in [0, 0.1) is 0 Å². The highest BCUT2D eigenvalue weighted by molar-refractivity contribution is 7.47. The maximum absolute atomic E-state index is 12.9. The zero-order valence-corrected chi connectivity index (χ0v) is 63.3. The molecule has 0 aliphatic carbocycles. The highest BCUT2D eigenvalue weighted by Crippen LogP contribution is 2.43. The average molecular weight is 1370 g/mol. The maximum atomic E-state index is 12.9. The van der Waals surface area contributed by atoms with E-state index in [1.807, 2.05) is 21.1 Å². The van der Waals surface area contributed by atoms with Crippen LogP contribution in [0.25, 0.3) is 0 Å². The molecule has 0 amide bonds. The standard InChI is InChI=1S/C88H138NO8P/c1-6-8-10-12-14-16-18-20-22-24-26-28-30-32-34-36-38-40-42-43-44-45-47-49-51-53-55-57-59-61-63-65-67-69-71-73-75-77-79-81-88(91)97-86(85-96-98(92,93)95-83-82-89(3,4)5)84-94-87(90)80-78-76-74-72-70-68-66-64-62-60-58-56-54-52-50-48-46-41-39-37-35-33-31-29-27-25-23-21-19-17-15-13-11-9-7-2/h8-11,14-17,20-23,26-29,32-35,38-41,43-44,47-50,53-56,59-62,86H,6-7,12-13,18-19,24-25,30-31,36-37,42,45-46,51-52,57-58,63-85H2,1-5H3/p+1/b10-8-,11-9-,16-14-,17-15-,22-20-,23-21-,28-26-,29-27-,34-32-,35-33-,40-38-,41-39-,44-43-,49-47-,50-48-,55-53-,56-54-,61-59-,62-60-. The molecule has 0 aliphatic rings. The molecular weight excluding hydrogens is 1230 g/mol. The van der Waals surface area contributed by atoms with Crippen LogP contribution in [0.5, 0.6) is 0 Å². The minimum absolute atomic E-state index is 0.0153. The first-order valence-corrected chi connectivity index (χ1v) is 39.6. The number of hydrogen-bond donors (Lipinski definition) is 1. The summed E-state index contributed by atoms with van der Waals surface area (Å²) >= 11 is 0. The van der Waals surface area contributed by atoms with Gasteiger partial charge in [0, 0.05) is 12.8 Å². The largest absolute Gasteiger partial charge is 0.472 e. The van der Waals surface area contributed by atoms with Crippen molar-refractivity contribution in [3.63, 3.8) is 0 Å². The number of unbranched alkanes of at least 4 members (excludes halogenated alkanes) is 15. The number of esters is 2. The molecule has 0 aliphatic heterocycles. The Morgan fingerprint density at radius 1 is 0.316 bits per heavy atom. The number of ether oxygens (including phenoxy) is 2. The van der Waals surface area contributed by atoms with E-state index in [0.717, 1.165) is 173 Å². The summed E-state index contributed by atoms with van der Waals surface area (Å²) in [6.45, 7) is 4.16. The van der Waals surface area contributed by atoms with Crippen molar-refractivity contribution >= 4 is 19.8 Å². The molecule has 0 heterocycles. The first-order chi connectivity index (χ1) is 48.0. The van der Waals surface area contributed by atoms with Crippen molar-refractivity contribution in [3.05, 3.63) is 231 Å². The lowest BCUT2D eigenvalue weighted by Crippen LogP contribution is -2.37. The van der Waals surface area contributed by atoms with Gasteiger partial charge in [-0.15, -0.1) is 0 Å². The van der Waals surface area contributed by atoms with Crippen molar-refractivity contribution in [2.45, 2.75) is 264 Å². The number of quaternary nitrogens is 1. The molecule has 2 atom stereocenters. The van der Waals surface area contributed by atoms with Gasteiger partial charge in [0.05, 0.1) is 27.7 Å². The fourth-order valence-corrected chi connectivity index (χ4v) is 10.2. The number of phosphoric ester groups is 1. The van der Waals surface area contributed by atoms with Gasteiger partial charge in [-0.2, -0.15) is 0 Å². The first-order valence-electron chi connectivity index (χ1n) is 38.1. The van der Waals surface area contributed by atoms with Crippen LogP contribution in [-0.4, -0.2) is 74.9 Å². The number of carbonyl (C=O) groups excluding carboxylic acids is 2. The molecular formula is C88H139NO8P+. The summed E-state index contributed by atoms with van der Waals surface area (Å²) < 4.78 is 34.7. The van der Waals surface area contributed by atoms with E-state index in [0.29, 0.717) is 23.9 Å². The number of hydrogen-bond acceptors (Lipinski definition) is 7. The van der Waals surface area contributed by atoms with E-state index < -0.39 is 26.5 Å². The molecule has 10 heteroatoms. The van der Waals surface area contributed by atoms with Crippen molar-refractivity contribution < 1.29 is 42.1 Å². The summed E-state index contributed by atoms with van der Waals surface area (Å²) in [7, 11) is 1.43. The molecule has 0 saturated heterocycles. The van der Waals surface area contributed by atoms with E-state index in [1.165, 1.54) is 44.9 Å². The van der Waals surface area contributed by atoms with Crippen molar-refractivity contribution in [2.24, 2.45) is 0 Å². The summed E-state index contributed by atoms with van der Waals surface area (Å²) in [6.07, 6.45) is 122. The highest BCUT2D eigenvalue weighted by Gasteiger charge is 2.27. The number of carbonyl (C=O) groups is 2. The molecule has 0 aromatic heterocycles. The molecule has 0 saturated carbocycles. The van der Waals surface area contributed by atoms with Crippen molar-refractivity contribution in [3.8, 4) is 0 Å². The Morgan fingerprint density at radius 3 is 0.816 bits per heavy atom. The van der Waals surface area contributed by atoms with Gasteiger partial charge in [0.15, 0.2) is 6.10 Å². The second-order valence-electron chi connectivity index (χ2n) is 25.6. The fraction of sp³-hybridized carbons (Fsp3) is 0.545. The molecule has 0 spiro atoms. The van der Waals surface area contributed by atoms with Crippen LogP contribution in [0.4, 0.5) is 0 Å². The van der Waals surface area contributed by atoms with Gasteiger partial charge in [0.25, 0.3) is 0 Å². The van der Waals surface area contributed by atoms with Crippen LogP contribution in [0.2, 0.25) is 0 Å². The monoisotopic (exact) mass is 1370 g/mol. The van der Waals surface area contributed by atoms with Crippen molar-refractivity contribution in [1.29, 1.82) is 0 Å². The van der Waals surface area contributed by atoms with E-state index in [2.05, 4.69) is 245 Å². The molecule has 1 N–H and O–H groups in total. The predicted octanol–water partition coefficient (Wildman–Crippen LogP) is 25.7. The molecule has 0 bridgehead atoms. The van der Waals surface area contributed by atoms with E-state index >= 15 is 0 Å². The minimum Gasteiger partial charge on any atom is -0.462 e. The van der Waals surface area contributed by atoms with Crippen molar-refractivity contribution in [2.75, 3.05) is 47.5 Å². The Bertz CT molecular complexity index is 2510. The second kappa shape index (κ2) is 75.3. The molecule has 2 unspecified atom stereocenters. The van der Waals surface area contributed by atoms with Gasteiger partial charge < -0.3 is 18.9 Å². The number of likely N-dealkylation sites (N-methyl/N-ethyl adjacent to an activating group) is 1. The van der Waals surface area contributed by atoms with Gasteiger partial charge >= 0.3 is 19.8 Å². The van der Waals surface area contributed by atoms with Crippen LogP contribution in [0.1, 0.15) is 258 Å². The molecule has 548 valence electrons. The minimum atomic E-state index is -4.42. The molecule has 0 aromatic carbocycles. The van der Waals surface area contributed by atoms with Gasteiger partial charge in [-0.25, -0.2) is 4.57 Å². The summed E-state index contributed by atoms with van der Waals surface area (Å²) in [5.74, 6) is -0.836. The number of rotatable bonds is 67. The molecule has 9 nitrogen and oxygen atoms in total. The Morgan fingerprint density at radius 2 is 0.551 bits per heavy atom. The highest BCUT2D eigenvalue weighted by atomic mass is 31.2. The molecule has 0 fully saturated rings. The number of allylic oxidation sites excluding steroid dienone is 38. The van der Waals surface area contributed by atoms with Crippen LogP contribution in [0.3, 0.4) is 0 Å². The third-order valence-electron chi connectivity index (χ3n) is 15.2. The van der Waals surface area contributed by atoms with Gasteiger partial charge in [-0.1, -0.05) is 315 Å². The fourth-order valence-electron chi connectivity index (χ4n) is 9.45. The van der Waals surface area contributed by atoms with E-state index in [1.54, 1.807) is 0 Å². The van der Waals surface area contributed by atoms with Crippen molar-refractivity contribution in [1.82, 2.24) is 0 Å². The lowest BCUT2D eigenvalue weighted by Gasteiger charge is -2.24. The molecule has 0 rings (SSSR count). The van der Waals surface area contributed by atoms with Gasteiger partial charge in [-0.3, -0.25) is 18.6 Å². The Kier molecular flexibility index (Phi) is 70.7. The van der Waals surface area contributed by atoms with Gasteiger partial charge in [0.2, 0.25) is 0 Å². The Hall–Kier alpha value is -5.93. The zero-order chi connectivity index (χ0) is 71.1. The van der Waals surface area contributed by atoms with Gasteiger partial charge in [0.1, 0.15) is 19.8 Å². The average Bonchev–Trinajstić information content (AvgIpc) is 1.23. The van der Waals surface area contributed by atoms with Crippen LogP contribution in [-0.2, 0) is 32.7 Å². The number of nitrogens with zero attached hydrogens (tertiary/aromatic N) is 1. The first kappa shape index (κ1) is 92.1. The summed E-state index contributed by atoms with van der Waals surface area (Å²) in [5, 5.41) is 0. The third kappa shape index (κ3) is 79.1. The smallest absolute Gasteiger partial charge is 0.462 e. The maximum Gasteiger partial charge on any atom is 0.472 e. The van der Waals surface area contributed by atoms with E-state index in [-0.39, 0.29) is 32.0 Å². The molecule has 0 radical (unpaired) electrons. The lowest BCUT2D eigenvalue weighted by molar-refractivity contribution is -0.870. The lowest BCUT2D eigenvalue weighted by atomic mass is 10.1. The molecule has 0 aromatic rings. The summed E-state index contributed by atoms with van der Waals surface area (Å²) in [5.41, 5.74) is 0. The third-order valence-corrected chi connectivity index (χ3v) is 16.2. The Balaban J connectivity index is 4.17. The zero-order valence-electron chi connectivity index (χ0n) is 62.4. The Labute approximate surface area is 600 Å². The quantitative estimate of drug-likeness (QED) is 0.0211. The predicted molar refractivity (Wildman–Crippen MR) is 426 cm³/mol. The van der Waals surface area contributed by atoms with E-state index in [9.17, 15) is 19.0 Å². The van der Waals surface area contributed by atoms with Gasteiger partial charge in [-0.05, 0) is 161 Å².